The molecule has 5 nitrogen and oxygen atoms in total. The molecule has 0 unspecified atom stereocenters. The number of pyridine rings is 1. The van der Waals surface area contributed by atoms with Crippen molar-refractivity contribution in [3.63, 3.8) is 0 Å². The van der Waals surface area contributed by atoms with Crippen LogP contribution in [0.25, 0.3) is 22.2 Å². The number of carbonyl (C=O) groups is 1. The summed E-state index contributed by atoms with van der Waals surface area (Å²) >= 11 is 0. The molecule has 1 aliphatic rings. The molecule has 0 aliphatic carbocycles. The lowest BCUT2D eigenvalue weighted by molar-refractivity contribution is 0.0937. The maximum Gasteiger partial charge on any atom is 0.252 e. The van der Waals surface area contributed by atoms with Crippen molar-refractivity contribution in [1.82, 2.24) is 10.3 Å². The molecule has 5 rings (SSSR count). The average molecular weight is 453 g/mol. The Labute approximate surface area is 199 Å². The first-order valence-electron chi connectivity index (χ1n) is 11.7. The van der Waals surface area contributed by atoms with Crippen LogP contribution >= 0.6 is 0 Å². The molecule has 0 fully saturated rings. The van der Waals surface area contributed by atoms with Gasteiger partial charge in [-0.15, -0.1) is 0 Å². The van der Waals surface area contributed by atoms with Crippen molar-refractivity contribution >= 4 is 16.8 Å². The highest BCUT2D eigenvalue weighted by Crippen LogP contribution is 2.36. The van der Waals surface area contributed by atoms with E-state index in [4.69, 9.17) is 14.5 Å². The Hall–Kier alpha value is -3.86. The number of amides is 1. The normalized spacial score (nSPS) is 13.3. The molecule has 3 aromatic carbocycles. The summed E-state index contributed by atoms with van der Waals surface area (Å²) in [6.45, 7) is 6.67. The maximum atomic E-state index is 13.6. The highest BCUT2D eigenvalue weighted by molar-refractivity contribution is 6.07. The Morgan fingerprint density at radius 1 is 0.941 bits per heavy atom. The van der Waals surface area contributed by atoms with Crippen LogP contribution in [0, 0.1) is 0 Å². The van der Waals surface area contributed by atoms with Gasteiger partial charge in [-0.05, 0) is 53.8 Å². The zero-order chi connectivity index (χ0) is 23.7. The second kappa shape index (κ2) is 9.18. The summed E-state index contributed by atoms with van der Waals surface area (Å²) in [5, 5.41) is 4.08. The molecule has 1 N–H and O–H groups in total. The van der Waals surface area contributed by atoms with Gasteiger partial charge in [0.2, 0.25) is 6.79 Å². The van der Waals surface area contributed by atoms with Crippen LogP contribution in [0.3, 0.4) is 0 Å². The molecule has 4 aromatic rings. The number of benzene rings is 3. The monoisotopic (exact) mass is 452 g/mol. The summed E-state index contributed by atoms with van der Waals surface area (Å²) < 4.78 is 11.0. The van der Waals surface area contributed by atoms with Gasteiger partial charge in [-0.3, -0.25) is 4.79 Å². The molecule has 0 bridgehead atoms. The minimum absolute atomic E-state index is 0.0744. The first kappa shape index (κ1) is 22.0. The zero-order valence-electron chi connectivity index (χ0n) is 19.7. The van der Waals surface area contributed by atoms with Crippen molar-refractivity contribution in [1.29, 1.82) is 0 Å². The molecule has 1 aromatic heterocycles. The van der Waals surface area contributed by atoms with E-state index in [1.165, 1.54) is 5.56 Å². The Morgan fingerprint density at radius 3 is 2.44 bits per heavy atom. The van der Waals surface area contributed by atoms with Crippen LogP contribution in [-0.4, -0.2) is 17.7 Å². The number of hydrogen-bond acceptors (Lipinski definition) is 4. The predicted octanol–water partition coefficient (Wildman–Crippen LogP) is 6.64. The van der Waals surface area contributed by atoms with E-state index in [1.54, 1.807) is 0 Å². The first-order chi connectivity index (χ1) is 16.5. The highest BCUT2D eigenvalue weighted by atomic mass is 16.7. The summed E-state index contributed by atoms with van der Waals surface area (Å²) in [5.41, 5.74) is 5.37. The molecule has 34 heavy (non-hydrogen) atoms. The minimum atomic E-state index is -0.111. The molecule has 5 heteroatoms. The number of carbonyl (C=O) groups excluding carboxylic acids is 1. The van der Waals surface area contributed by atoms with Crippen molar-refractivity contribution in [2.75, 3.05) is 6.79 Å². The lowest BCUT2D eigenvalue weighted by Gasteiger charge is -2.19. The fourth-order valence-corrected chi connectivity index (χ4v) is 4.34. The number of rotatable bonds is 6. The van der Waals surface area contributed by atoms with Crippen LogP contribution in [-0.2, 0) is 0 Å². The average Bonchev–Trinajstić information content (AvgIpc) is 3.34. The molecule has 0 spiro atoms. The Bertz CT molecular complexity index is 1350. The van der Waals surface area contributed by atoms with Crippen LogP contribution in [0.1, 0.15) is 60.6 Å². The number of nitrogens with one attached hydrogen (secondary N) is 1. The van der Waals surface area contributed by atoms with Gasteiger partial charge in [0.15, 0.2) is 11.5 Å². The van der Waals surface area contributed by atoms with Crippen molar-refractivity contribution < 1.29 is 14.3 Å². The Kier molecular flexibility index (Phi) is 5.93. The molecule has 1 atom stereocenters. The van der Waals surface area contributed by atoms with Crippen LogP contribution in [0.15, 0.2) is 72.8 Å². The van der Waals surface area contributed by atoms with Crippen molar-refractivity contribution in [3.8, 4) is 22.8 Å². The van der Waals surface area contributed by atoms with Crippen molar-refractivity contribution in [3.05, 3.63) is 89.5 Å². The van der Waals surface area contributed by atoms with Gasteiger partial charge in [0.25, 0.3) is 5.91 Å². The van der Waals surface area contributed by atoms with Crippen LogP contribution in [0.4, 0.5) is 0 Å². The zero-order valence-corrected chi connectivity index (χ0v) is 19.7. The van der Waals surface area contributed by atoms with Gasteiger partial charge in [0.05, 0.1) is 22.8 Å². The second-order valence-electron chi connectivity index (χ2n) is 8.90. The van der Waals surface area contributed by atoms with Gasteiger partial charge >= 0.3 is 0 Å². The van der Waals surface area contributed by atoms with E-state index in [-0.39, 0.29) is 18.7 Å². The van der Waals surface area contributed by atoms with Gasteiger partial charge in [0.1, 0.15) is 0 Å². The topological polar surface area (TPSA) is 60.5 Å². The van der Waals surface area contributed by atoms with Crippen LogP contribution in [0.5, 0.6) is 11.5 Å². The molecule has 1 amide bonds. The van der Waals surface area contributed by atoms with Crippen molar-refractivity contribution in [2.24, 2.45) is 0 Å². The van der Waals surface area contributed by atoms with Crippen LogP contribution < -0.4 is 14.8 Å². The number of fused-ring (bicyclic) bond motifs is 2. The third kappa shape index (κ3) is 4.21. The number of hydrogen-bond donors (Lipinski definition) is 1. The first-order valence-corrected chi connectivity index (χ1v) is 11.7. The van der Waals surface area contributed by atoms with Gasteiger partial charge in [0, 0.05) is 10.9 Å². The van der Waals surface area contributed by atoms with E-state index >= 15 is 0 Å². The fourth-order valence-electron chi connectivity index (χ4n) is 4.34. The number of aromatic nitrogens is 1. The number of ether oxygens (including phenoxy) is 2. The van der Waals surface area contributed by atoms with E-state index in [9.17, 15) is 4.79 Å². The van der Waals surface area contributed by atoms with E-state index in [2.05, 4.69) is 50.4 Å². The molecule has 0 radical (unpaired) electrons. The largest absolute Gasteiger partial charge is 0.454 e. The summed E-state index contributed by atoms with van der Waals surface area (Å²) in [4.78, 5) is 18.4. The predicted molar refractivity (Wildman–Crippen MR) is 134 cm³/mol. The van der Waals surface area contributed by atoms with Gasteiger partial charge in [-0.1, -0.05) is 63.2 Å². The molecule has 0 saturated heterocycles. The number of nitrogens with zero attached hydrogens (tertiary/aromatic N) is 1. The van der Waals surface area contributed by atoms with Gasteiger partial charge in [-0.25, -0.2) is 4.98 Å². The Balaban J connectivity index is 1.50. The standard InChI is InChI=1S/C29H28N2O3/c1-4-24(20-11-9-19(10-12-20)18(2)3)31-29(32)23-16-26(30-25-8-6-5-7-22(23)25)21-13-14-27-28(15-21)34-17-33-27/h5-16,18,24H,4,17H2,1-3H3,(H,31,32)/t24-/m0/s1. The van der Waals surface area contributed by atoms with Crippen LogP contribution in [0.2, 0.25) is 0 Å². The van der Waals surface area contributed by atoms with E-state index in [1.807, 2.05) is 48.5 Å². The molecule has 0 saturated carbocycles. The van der Waals surface area contributed by atoms with Gasteiger partial charge < -0.3 is 14.8 Å². The minimum Gasteiger partial charge on any atom is -0.454 e. The third-order valence-corrected chi connectivity index (χ3v) is 6.35. The maximum absolute atomic E-state index is 13.6. The number of para-hydroxylation sites is 1. The molecule has 1 aliphatic heterocycles. The Morgan fingerprint density at radius 2 is 1.68 bits per heavy atom. The lowest BCUT2D eigenvalue weighted by atomic mass is 9.97. The molecule has 172 valence electrons. The molecular formula is C29H28N2O3. The van der Waals surface area contributed by atoms with Gasteiger partial charge in [-0.2, -0.15) is 0 Å². The summed E-state index contributed by atoms with van der Waals surface area (Å²) in [7, 11) is 0. The summed E-state index contributed by atoms with van der Waals surface area (Å²) in [5.74, 6) is 1.77. The second-order valence-corrected chi connectivity index (χ2v) is 8.90. The summed E-state index contributed by atoms with van der Waals surface area (Å²) in [6, 6.07) is 23.8. The van der Waals surface area contributed by atoms with Crippen molar-refractivity contribution in [2.45, 2.75) is 39.2 Å². The quantitative estimate of drug-likeness (QED) is 0.356. The third-order valence-electron chi connectivity index (χ3n) is 6.35. The smallest absolute Gasteiger partial charge is 0.252 e. The lowest BCUT2D eigenvalue weighted by Crippen LogP contribution is -2.28. The highest BCUT2D eigenvalue weighted by Gasteiger charge is 2.20. The molecule has 2 heterocycles. The van der Waals surface area contributed by atoms with E-state index < -0.39 is 0 Å². The van der Waals surface area contributed by atoms with E-state index in [0.29, 0.717) is 17.2 Å². The molecular weight excluding hydrogens is 424 g/mol. The van der Waals surface area contributed by atoms with E-state index in [0.717, 1.165) is 39.9 Å². The fraction of sp³-hybridized carbons (Fsp3) is 0.241. The SMILES string of the molecule is CC[C@H](NC(=O)c1cc(-c2ccc3c(c2)OCO3)nc2ccccc12)c1ccc(C(C)C)cc1. The summed E-state index contributed by atoms with van der Waals surface area (Å²) in [6.07, 6.45) is 0.796.